The number of unbranched alkanes of at least 4 members (excludes halogenated alkanes) is 3. The predicted molar refractivity (Wildman–Crippen MR) is 82.3 cm³/mol. The van der Waals surface area contributed by atoms with Crippen LogP contribution in [0, 0.1) is 5.92 Å². The average molecular weight is 302 g/mol. The van der Waals surface area contributed by atoms with Crippen molar-refractivity contribution >= 4 is 11.4 Å². The third kappa shape index (κ3) is 6.74. The molecule has 0 bridgehead atoms. The lowest BCUT2D eigenvalue weighted by atomic mass is 10.0. The highest BCUT2D eigenvalue weighted by Crippen LogP contribution is 2.35. The third-order valence-corrected chi connectivity index (χ3v) is 3.40. The molecule has 0 unspecified atom stereocenters. The van der Waals surface area contributed by atoms with E-state index in [1.165, 1.54) is 25.3 Å². The molecular weight excluding hydrogens is 277 g/mol. The molecule has 0 amide bonds. The van der Waals surface area contributed by atoms with Gasteiger partial charge in [-0.3, -0.25) is 0 Å². The van der Waals surface area contributed by atoms with Crippen LogP contribution in [-0.4, -0.2) is 6.54 Å². The molecule has 0 spiro atoms. The van der Waals surface area contributed by atoms with Crippen molar-refractivity contribution in [2.75, 3.05) is 17.6 Å². The predicted octanol–water partition coefficient (Wildman–Crippen LogP) is 5.31. The van der Waals surface area contributed by atoms with Crippen molar-refractivity contribution in [2.45, 2.75) is 52.1 Å². The van der Waals surface area contributed by atoms with Crippen LogP contribution in [0.4, 0.5) is 24.5 Å². The van der Waals surface area contributed by atoms with Gasteiger partial charge in [0, 0.05) is 17.9 Å². The first-order chi connectivity index (χ1) is 9.80. The molecule has 1 aromatic carbocycles. The van der Waals surface area contributed by atoms with E-state index in [4.69, 9.17) is 5.73 Å². The van der Waals surface area contributed by atoms with Gasteiger partial charge in [0.2, 0.25) is 0 Å². The molecule has 0 heterocycles. The van der Waals surface area contributed by atoms with Crippen LogP contribution >= 0.6 is 0 Å². The van der Waals surface area contributed by atoms with Crippen molar-refractivity contribution in [1.82, 2.24) is 0 Å². The van der Waals surface area contributed by atoms with E-state index in [0.29, 0.717) is 12.2 Å². The zero-order chi connectivity index (χ0) is 15.9. The summed E-state index contributed by atoms with van der Waals surface area (Å²) in [4.78, 5) is 0. The van der Waals surface area contributed by atoms with Crippen LogP contribution in [0.1, 0.15) is 51.5 Å². The van der Waals surface area contributed by atoms with Crippen molar-refractivity contribution < 1.29 is 13.2 Å². The summed E-state index contributed by atoms with van der Waals surface area (Å²) in [5, 5.41) is 3.03. The van der Waals surface area contributed by atoms with E-state index in [2.05, 4.69) is 19.2 Å². The molecular formula is C16H25F3N2. The van der Waals surface area contributed by atoms with Crippen LogP contribution in [0.2, 0.25) is 0 Å². The molecule has 120 valence electrons. The largest absolute Gasteiger partial charge is 0.418 e. The zero-order valence-corrected chi connectivity index (χ0v) is 12.8. The van der Waals surface area contributed by atoms with Gasteiger partial charge in [-0.15, -0.1) is 0 Å². The topological polar surface area (TPSA) is 38.0 Å². The van der Waals surface area contributed by atoms with Crippen LogP contribution in [0.3, 0.4) is 0 Å². The van der Waals surface area contributed by atoms with E-state index >= 15 is 0 Å². The Balaban J connectivity index is 2.33. The lowest BCUT2D eigenvalue weighted by molar-refractivity contribution is -0.136. The molecule has 3 N–H and O–H groups in total. The van der Waals surface area contributed by atoms with E-state index in [0.717, 1.165) is 24.8 Å². The Morgan fingerprint density at radius 1 is 1.10 bits per heavy atom. The maximum absolute atomic E-state index is 12.7. The standard InChI is InChI=1S/C16H25F3N2/c1-12(2)7-5-3-4-6-10-21-13-8-9-15(20)14(11-13)16(17,18)19/h8-9,11-12,21H,3-7,10,20H2,1-2H3. The summed E-state index contributed by atoms with van der Waals surface area (Å²) in [5.41, 5.74) is 4.82. The SMILES string of the molecule is CC(C)CCCCCCNc1ccc(N)c(C(F)(F)F)c1. The van der Waals surface area contributed by atoms with Crippen LogP contribution in [0.5, 0.6) is 0 Å². The summed E-state index contributed by atoms with van der Waals surface area (Å²) in [6, 6.07) is 3.96. The second-order valence-electron chi connectivity index (χ2n) is 5.82. The van der Waals surface area contributed by atoms with Gasteiger partial charge in [0.1, 0.15) is 0 Å². The number of hydrogen-bond acceptors (Lipinski definition) is 2. The van der Waals surface area contributed by atoms with Gasteiger partial charge in [-0.2, -0.15) is 13.2 Å². The highest BCUT2D eigenvalue weighted by molar-refractivity contribution is 5.58. The minimum atomic E-state index is -4.40. The molecule has 0 aliphatic carbocycles. The van der Waals surface area contributed by atoms with E-state index in [1.54, 1.807) is 6.07 Å². The zero-order valence-electron chi connectivity index (χ0n) is 12.8. The molecule has 0 aliphatic heterocycles. The third-order valence-electron chi connectivity index (χ3n) is 3.40. The summed E-state index contributed by atoms with van der Waals surface area (Å²) in [7, 11) is 0. The Morgan fingerprint density at radius 2 is 1.76 bits per heavy atom. The normalized spacial score (nSPS) is 11.9. The number of hydrogen-bond donors (Lipinski definition) is 2. The summed E-state index contributed by atoms with van der Waals surface area (Å²) in [6.07, 6.45) is 1.29. The van der Waals surface area contributed by atoms with E-state index in [9.17, 15) is 13.2 Å². The lowest BCUT2D eigenvalue weighted by Gasteiger charge is -2.13. The lowest BCUT2D eigenvalue weighted by Crippen LogP contribution is -2.10. The second kappa shape index (κ2) is 8.15. The Hall–Kier alpha value is -1.39. The maximum atomic E-state index is 12.7. The molecule has 5 heteroatoms. The molecule has 2 nitrogen and oxygen atoms in total. The Morgan fingerprint density at radius 3 is 2.38 bits per heavy atom. The van der Waals surface area contributed by atoms with Gasteiger partial charge in [0.25, 0.3) is 0 Å². The molecule has 1 rings (SSSR count). The number of nitrogen functional groups attached to an aromatic ring is 1. The first kappa shape index (κ1) is 17.7. The summed E-state index contributed by atoms with van der Waals surface area (Å²) in [6.45, 7) is 5.10. The molecule has 0 aromatic heterocycles. The number of rotatable bonds is 8. The molecule has 0 radical (unpaired) electrons. The van der Waals surface area contributed by atoms with Gasteiger partial charge >= 0.3 is 6.18 Å². The van der Waals surface area contributed by atoms with Crippen molar-refractivity contribution in [3.8, 4) is 0 Å². The van der Waals surface area contributed by atoms with Crippen molar-refractivity contribution in [2.24, 2.45) is 5.92 Å². The fourth-order valence-electron chi connectivity index (χ4n) is 2.18. The summed E-state index contributed by atoms with van der Waals surface area (Å²) < 4.78 is 38.1. The molecule has 0 atom stereocenters. The molecule has 0 aliphatic rings. The van der Waals surface area contributed by atoms with E-state index < -0.39 is 11.7 Å². The summed E-state index contributed by atoms with van der Waals surface area (Å²) in [5.74, 6) is 0.735. The quantitative estimate of drug-likeness (QED) is 0.504. The number of nitrogens with one attached hydrogen (secondary N) is 1. The monoisotopic (exact) mass is 302 g/mol. The number of halogens is 3. The van der Waals surface area contributed by atoms with E-state index in [-0.39, 0.29) is 5.69 Å². The maximum Gasteiger partial charge on any atom is 0.418 e. The Kier molecular flexibility index (Phi) is 6.85. The number of anilines is 2. The van der Waals surface area contributed by atoms with Crippen LogP contribution < -0.4 is 11.1 Å². The van der Waals surface area contributed by atoms with Gasteiger partial charge in [0.15, 0.2) is 0 Å². The minimum absolute atomic E-state index is 0.235. The van der Waals surface area contributed by atoms with Crippen molar-refractivity contribution in [3.05, 3.63) is 23.8 Å². The molecule has 0 fully saturated rings. The van der Waals surface area contributed by atoms with Crippen molar-refractivity contribution in [3.63, 3.8) is 0 Å². The number of alkyl halides is 3. The first-order valence-electron chi connectivity index (χ1n) is 7.51. The first-order valence-corrected chi connectivity index (χ1v) is 7.51. The average Bonchev–Trinajstić information content (AvgIpc) is 2.37. The van der Waals surface area contributed by atoms with Gasteiger partial charge < -0.3 is 11.1 Å². The highest BCUT2D eigenvalue weighted by Gasteiger charge is 2.33. The van der Waals surface area contributed by atoms with Gasteiger partial charge in [-0.05, 0) is 30.5 Å². The van der Waals surface area contributed by atoms with Gasteiger partial charge in [0.05, 0.1) is 5.56 Å². The molecule has 0 saturated heterocycles. The van der Waals surface area contributed by atoms with E-state index in [1.807, 2.05) is 0 Å². The fraction of sp³-hybridized carbons (Fsp3) is 0.625. The molecule has 0 saturated carbocycles. The minimum Gasteiger partial charge on any atom is -0.398 e. The van der Waals surface area contributed by atoms with Crippen LogP contribution in [0.15, 0.2) is 18.2 Å². The van der Waals surface area contributed by atoms with Gasteiger partial charge in [-0.25, -0.2) is 0 Å². The van der Waals surface area contributed by atoms with Crippen LogP contribution in [-0.2, 0) is 6.18 Å². The molecule has 1 aromatic rings. The Bertz CT molecular complexity index is 428. The fourth-order valence-corrected chi connectivity index (χ4v) is 2.18. The number of nitrogens with two attached hydrogens (primary N) is 1. The van der Waals surface area contributed by atoms with Crippen molar-refractivity contribution in [1.29, 1.82) is 0 Å². The summed E-state index contributed by atoms with van der Waals surface area (Å²) >= 11 is 0. The highest BCUT2D eigenvalue weighted by atomic mass is 19.4. The Labute approximate surface area is 124 Å². The second-order valence-corrected chi connectivity index (χ2v) is 5.82. The van der Waals surface area contributed by atoms with Gasteiger partial charge in [-0.1, -0.05) is 39.5 Å². The smallest absolute Gasteiger partial charge is 0.398 e. The van der Waals surface area contributed by atoms with Crippen LogP contribution in [0.25, 0.3) is 0 Å². The number of benzene rings is 1. The molecule has 21 heavy (non-hydrogen) atoms.